The normalized spacial score (nSPS) is 11.7. The topological polar surface area (TPSA) is 129 Å². The van der Waals surface area contributed by atoms with Gasteiger partial charge in [0, 0.05) is 22.1 Å². The van der Waals surface area contributed by atoms with E-state index in [-0.39, 0.29) is 22.6 Å². The Bertz CT molecular complexity index is 1060. The van der Waals surface area contributed by atoms with Crippen molar-refractivity contribution in [2.45, 2.75) is 6.92 Å². The van der Waals surface area contributed by atoms with Gasteiger partial charge < -0.3 is 21.0 Å². The van der Waals surface area contributed by atoms with E-state index in [2.05, 4.69) is 5.32 Å². The predicted molar refractivity (Wildman–Crippen MR) is 110 cm³/mol. The van der Waals surface area contributed by atoms with Crippen molar-refractivity contribution in [1.82, 2.24) is 0 Å². The minimum absolute atomic E-state index is 0.117. The molecule has 3 aromatic rings. The van der Waals surface area contributed by atoms with Gasteiger partial charge >= 0.3 is 0 Å². The zero-order valence-corrected chi connectivity index (χ0v) is 16.5. The highest BCUT2D eigenvalue weighted by Gasteiger charge is 2.23. The number of nitrogens with one attached hydrogen (secondary N) is 2. The molecule has 8 nitrogen and oxygen atoms in total. The third kappa shape index (κ3) is 4.13. The number of nitrogens with two attached hydrogens (primary N) is 1. The van der Waals surface area contributed by atoms with E-state index in [0.717, 1.165) is 10.4 Å². The molecule has 0 aliphatic rings. The molecule has 3 rings (SSSR count). The van der Waals surface area contributed by atoms with E-state index in [1.807, 2.05) is 37.3 Å². The molecule has 0 saturated heterocycles. The molecule has 1 atom stereocenters. The maximum absolute atomic E-state index is 12.7. The first-order chi connectivity index (χ1) is 13.8. The van der Waals surface area contributed by atoms with Gasteiger partial charge in [0.05, 0.1) is 12.7 Å². The molecule has 9 heteroatoms. The number of ether oxygens (including phenoxy) is 1. The first-order valence-electron chi connectivity index (χ1n) is 8.54. The summed E-state index contributed by atoms with van der Waals surface area (Å²) in [7, 11) is 1.35. The lowest BCUT2D eigenvalue weighted by Crippen LogP contribution is -2.99. The van der Waals surface area contributed by atoms with Crippen molar-refractivity contribution in [3.05, 3.63) is 69.7 Å². The molecule has 0 aliphatic carbocycles. The summed E-state index contributed by atoms with van der Waals surface area (Å²) in [5.41, 5.74) is 7.29. The molecule has 0 fully saturated rings. The maximum atomic E-state index is 12.7. The average molecular weight is 413 g/mol. The van der Waals surface area contributed by atoms with E-state index >= 15 is 0 Å². The van der Waals surface area contributed by atoms with E-state index in [1.54, 1.807) is 0 Å². The molecule has 29 heavy (non-hydrogen) atoms. The van der Waals surface area contributed by atoms with Crippen LogP contribution in [-0.4, -0.2) is 24.1 Å². The second-order valence-electron chi connectivity index (χ2n) is 6.14. The van der Waals surface area contributed by atoms with Crippen molar-refractivity contribution in [3.63, 3.8) is 0 Å². The van der Waals surface area contributed by atoms with E-state index in [4.69, 9.17) is 10.5 Å². The van der Waals surface area contributed by atoms with Crippen LogP contribution in [0.2, 0.25) is 0 Å². The summed E-state index contributed by atoms with van der Waals surface area (Å²) in [6, 6.07) is 13.3. The van der Waals surface area contributed by atoms with Crippen molar-refractivity contribution >= 4 is 33.8 Å². The van der Waals surface area contributed by atoms with Gasteiger partial charge in [-0.2, -0.15) is 5.23 Å². The second kappa shape index (κ2) is 8.41. The Morgan fingerprint density at radius 2 is 1.90 bits per heavy atom. The average Bonchev–Trinajstić information content (AvgIpc) is 3.03. The van der Waals surface area contributed by atoms with Crippen LogP contribution in [0.3, 0.4) is 0 Å². The molecular formula is C20H19N3O5S. The lowest BCUT2D eigenvalue weighted by molar-refractivity contribution is -0.991. The third-order valence-electron chi connectivity index (χ3n) is 4.31. The molecule has 0 saturated carbocycles. The number of primary amides is 1. The fourth-order valence-corrected chi connectivity index (χ4v) is 4.09. The lowest BCUT2D eigenvalue weighted by atomic mass is 10.0. The van der Waals surface area contributed by atoms with Crippen LogP contribution in [0.5, 0.6) is 5.75 Å². The summed E-state index contributed by atoms with van der Waals surface area (Å²) in [6.45, 7) is 1.84. The molecule has 2 aromatic carbocycles. The number of carbonyl (C=O) groups excluding carboxylic acids is 2. The van der Waals surface area contributed by atoms with E-state index < -0.39 is 17.0 Å². The zero-order valence-electron chi connectivity index (χ0n) is 15.7. The standard InChI is InChI=1S/C20H19N3O5S/c1-11-16(12-6-4-3-5-7-12)17(18(21)24)20(29-11)22-19(25)13-8-9-15(28-2)14(10-13)23(26)27/h3-10,23,26H,1-2H3,(H2,21,24)(H,22,25). The number of amides is 2. The summed E-state index contributed by atoms with van der Waals surface area (Å²) in [6.07, 6.45) is 0. The smallest absolute Gasteiger partial charge is 0.256 e. The van der Waals surface area contributed by atoms with Crippen molar-refractivity contribution < 1.29 is 24.8 Å². The third-order valence-corrected chi connectivity index (χ3v) is 5.33. The quantitative estimate of drug-likeness (QED) is 0.462. The number of hydrogen-bond acceptors (Lipinski definition) is 6. The molecule has 0 aliphatic heterocycles. The highest BCUT2D eigenvalue weighted by molar-refractivity contribution is 7.17. The van der Waals surface area contributed by atoms with Gasteiger partial charge in [0.2, 0.25) is 5.69 Å². The number of aryl methyl sites for hydroxylation is 1. The number of benzene rings is 2. The van der Waals surface area contributed by atoms with Gasteiger partial charge in [-0.25, -0.2) is 5.21 Å². The van der Waals surface area contributed by atoms with Crippen molar-refractivity contribution in [3.8, 4) is 16.9 Å². The van der Waals surface area contributed by atoms with Crippen LogP contribution < -0.4 is 21.0 Å². The van der Waals surface area contributed by atoms with Crippen LogP contribution >= 0.6 is 11.3 Å². The molecule has 5 N–H and O–H groups in total. The Kier molecular flexibility index (Phi) is 5.95. The van der Waals surface area contributed by atoms with Gasteiger partial charge in [0.1, 0.15) is 5.00 Å². The molecule has 2 amide bonds. The lowest BCUT2D eigenvalue weighted by Gasteiger charge is -2.15. The fraction of sp³-hybridized carbons (Fsp3) is 0.100. The number of anilines is 1. The first-order valence-corrected chi connectivity index (χ1v) is 9.36. The number of rotatable bonds is 6. The summed E-state index contributed by atoms with van der Waals surface area (Å²) >= 11 is 1.23. The summed E-state index contributed by atoms with van der Waals surface area (Å²) in [4.78, 5) is 25.7. The SMILES string of the molecule is COc1ccc(C(=O)Nc2sc(C)c(-c3ccccc3)c2C(N)=O)cc1[NH+]([O-])O. The number of hydrogen-bond donors (Lipinski definition) is 4. The second-order valence-corrected chi connectivity index (χ2v) is 7.37. The predicted octanol–water partition coefficient (Wildman–Crippen LogP) is 2.49. The molecular weight excluding hydrogens is 394 g/mol. The Hall–Kier alpha value is -3.24. The van der Waals surface area contributed by atoms with E-state index in [1.165, 1.54) is 36.6 Å². The number of thiophene rings is 1. The monoisotopic (exact) mass is 413 g/mol. The first kappa shape index (κ1) is 20.5. The Labute approximate surface area is 170 Å². The molecule has 150 valence electrons. The van der Waals surface area contributed by atoms with Gasteiger partial charge in [-0.15, -0.1) is 11.3 Å². The highest BCUT2D eigenvalue weighted by Crippen LogP contribution is 2.39. The Morgan fingerprint density at radius 3 is 2.48 bits per heavy atom. The summed E-state index contributed by atoms with van der Waals surface area (Å²) in [5, 5.41) is 22.5. The van der Waals surface area contributed by atoms with Gasteiger partial charge in [-0.05, 0) is 24.6 Å². The van der Waals surface area contributed by atoms with Crippen LogP contribution in [0.15, 0.2) is 48.5 Å². The minimum atomic E-state index is -1.22. The van der Waals surface area contributed by atoms with Gasteiger partial charge in [-0.1, -0.05) is 30.3 Å². The minimum Gasteiger partial charge on any atom is -0.595 e. The van der Waals surface area contributed by atoms with E-state index in [9.17, 15) is 20.0 Å². The number of carbonyl (C=O) groups is 2. The molecule has 0 bridgehead atoms. The fourth-order valence-electron chi connectivity index (χ4n) is 3.01. The summed E-state index contributed by atoms with van der Waals surface area (Å²) < 4.78 is 5.01. The molecule has 0 spiro atoms. The summed E-state index contributed by atoms with van der Waals surface area (Å²) in [5.74, 6) is -1.08. The van der Waals surface area contributed by atoms with Crippen LogP contribution in [-0.2, 0) is 0 Å². The number of methoxy groups -OCH3 is 1. The van der Waals surface area contributed by atoms with Crippen LogP contribution in [0, 0.1) is 12.1 Å². The molecule has 1 heterocycles. The largest absolute Gasteiger partial charge is 0.595 e. The number of quaternary nitrogens is 1. The maximum Gasteiger partial charge on any atom is 0.256 e. The van der Waals surface area contributed by atoms with Gasteiger partial charge in [-0.3, -0.25) is 9.59 Å². The van der Waals surface area contributed by atoms with Crippen molar-refractivity contribution in [2.24, 2.45) is 5.73 Å². The van der Waals surface area contributed by atoms with Crippen molar-refractivity contribution in [1.29, 1.82) is 0 Å². The van der Waals surface area contributed by atoms with Crippen molar-refractivity contribution in [2.75, 3.05) is 12.4 Å². The van der Waals surface area contributed by atoms with Crippen LogP contribution in [0.25, 0.3) is 11.1 Å². The van der Waals surface area contributed by atoms with E-state index in [0.29, 0.717) is 10.6 Å². The van der Waals surface area contributed by atoms with Crippen LogP contribution in [0.1, 0.15) is 25.6 Å². The molecule has 0 radical (unpaired) electrons. The van der Waals surface area contributed by atoms with Gasteiger partial charge in [0.25, 0.3) is 11.8 Å². The highest BCUT2D eigenvalue weighted by atomic mass is 32.1. The van der Waals surface area contributed by atoms with Gasteiger partial charge in [0.15, 0.2) is 5.75 Å². The molecule has 1 aromatic heterocycles. The molecule has 1 unspecified atom stereocenters. The Balaban J connectivity index is 2.00. The zero-order chi connectivity index (χ0) is 21.1. The Morgan fingerprint density at radius 1 is 1.21 bits per heavy atom. The van der Waals surface area contributed by atoms with Crippen LogP contribution in [0.4, 0.5) is 10.7 Å².